The predicted molar refractivity (Wildman–Crippen MR) is 118 cm³/mol. The van der Waals surface area contributed by atoms with E-state index in [4.69, 9.17) is 23.2 Å². The van der Waals surface area contributed by atoms with E-state index in [-0.39, 0.29) is 21.2 Å². The smallest absolute Gasteiger partial charge is 0.261 e. The van der Waals surface area contributed by atoms with Crippen molar-refractivity contribution in [1.29, 1.82) is 0 Å². The topological polar surface area (TPSA) is 75.3 Å². The fourth-order valence-electron chi connectivity index (χ4n) is 2.56. The summed E-state index contributed by atoms with van der Waals surface area (Å²) in [4.78, 5) is 12.8. The number of hydrogen-bond acceptors (Lipinski definition) is 3. The lowest BCUT2D eigenvalue weighted by molar-refractivity contribution is 0.102. The molecule has 0 saturated heterocycles. The van der Waals surface area contributed by atoms with Gasteiger partial charge in [0.05, 0.1) is 15.5 Å². The second-order valence-corrected chi connectivity index (χ2v) is 9.03. The number of rotatable bonds is 5. The van der Waals surface area contributed by atoms with Crippen LogP contribution in [-0.2, 0) is 10.0 Å². The molecule has 8 heteroatoms. The minimum Gasteiger partial charge on any atom is -0.322 e. The summed E-state index contributed by atoms with van der Waals surface area (Å²) in [5.41, 5.74) is 2.70. The molecule has 0 radical (unpaired) electrons. The van der Waals surface area contributed by atoms with Crippen LogP contribution in [0.1, 0.15) is 21.5 Å². The van der Waals surface area contributed by atoms with E-state index in [1.807, 2.05) is 13.8 Å². The molecule has 29 heavy (non-hydrogen) atoms. The number of nitrogens with one attached hydrogen (secondary N) is 2. The molecule has 0 aliphatic carbocycles. The first-order valence-electron chi connectivity index (χ1n) is 8.62. The monoisotopic (exact) mass is 448 g/mol. The quantitative estimate of drug-likeness (QED) is 0.528. The van der Waals surface area contributed by atoms with Gasteiger partial charge in [0.15, 0.2) is 0 Å². The van der Waals surface area contributed by atoms with Crippen LogP contribution in [0.5, 0.6) is 0 Å². The summed E-state index contributed by atoms with van der Waals surface area (Å²) in [5.74, 6) is -0.480. The normalized spacial score (nSPS) is 11.2. The van der Waals surface area contributed by atoms with Gasteiger partial charge in [-0.2, -0.15) is 0 Å². The molecule has 3 rings (SSSR count). The first-order chi connectivity index (χ1) is 13.7. The van der Waals surface area contributed by atoms with E-state index < -0.39 is 15.9 Å². The number of halogens is 2. The van der Waals surface area contributed by atoms with Gasteiger partial charge in [-0.05, 0) is 61.9 Å². The van der Waals surface area contributed by atoms with E-state index in [9.17, 15) is 13.2 Å². The average Bonchev–Trinajstić information content (AvgIpc) is 2.66. The molecule has 0 fully saturated rings. The first-order valence-corrected chi connectivity index (χ1v) is 10.9. The van der Waals surface area contributed by atoms with Crippen LogP contribution in [-0.4, -0.2) is 14.3 Å². The van der Waals surface area contributed by atoms with Crippen LogP contribution in [0.2, 0.25) is 10.0 Å². The van der Waals surface area contributed by atoms with Gasteiger partial charge in [-0.15, -0.1) is 0 Å². The fourth-order valence-corrected chi connectivity index (χ4v) is 4.00. The lowest BCUT2D eigenvalue weighted by atomic mass is 10.1. The molecule has 3 aromatic carbocycles. The summed E-state index contributed by atoms with van der Waals surface area (Å²) in [5, 5.41) is 3.43. The number of carbonyl (C=O) groups excluding carboxylic acids is 1. The molecule has 0 spiro atoms. The molecular formula is C21H18Cl2N2O3S. The predicted octanol–water partition coefficient (Wildman–Crippen LogP) is 5.66. The second kappa shape index (κ2) is 8.45. The molecule has 0 aliphatic heterocycles. The number of hydrogen-bond donors (Lipinski definition) is 2. The number of amides is 1. The van der Waals surface area contributed by atoms with Gasteiger partial charge < -0.3 is 5.32 Å². The lowest BCUT2D eigenvalue weighted by Crippen LogP contribution is -2.15. The van der Waals surface area contributed by atoms with Crippen LogP contribution >= 0.6 is 23.2 Å². The first kappa shape index (κ1) is 21.2. The third-order valence-electron chi connectivity index (χ3n) is 4.22. The van der Waals surface area contributed by atoms with Crippen LogP contribution in [0, 0.1) is 13.8 Å². The second-order valence-electron chi connectivity index (χ2n) is 6.53. The lowest BCUT2D eigenvalue weighted by Gasteiger charge is -2.12. The molecule has 3 aromatic rings. The fraction of sp³-hybridized carbons (Fsp3) is 0.0952. The molecule has 1 amide bonds. The Morgan fingerprint density at radius 3 is 2.14 bits per heavy atom. The van der Waals surface area contributed by atoms with Gasteiger partial charge in [0.25, 0.3) is 15.9 Å². The molecule has 0 unspecified atom stereocenters. The van der Waals surface area contributed by atoms with E-state index in [0.29, 0.717) is 10.7 Å². The van der Waals surface area contributed by atoms with Crippen LogP contribution < -0.4 is 10.0 Å². The zero-order chi connectivity index (χ0) is 21.2. The number of sulfonamides is 1. The molecule has 0 aromatic heterocycles. The van der Waals surface area contributed by atoms with Crippen molar-refractivity contribution in [2.45, 2.75) is 18.7 Å². The van der Waals surface area contributed by atoms with Crippen molar-refractivity contribution >= 4 is 50.5 Å². The third-order valence-corrected chi connectivity index (χ3v) is 6.36. The van der Waals surface area contributed by atoms with Crippen molar-refractivity contribution in [3.05, 3.63) is 87.4 Å². The average molecular weight is 449 g/mol. The zero-order valence-corrected chi connectivity index (χ0v) is 18.0. The molecular weight excluding hydrogens is 431 g/mol. The maximum atomic E-state index is 12.6. The molecule has 0 bridgehead atoms. The van der Waals surface area contributed by atoms with E-state index in [0.717, 1.165) is 11.1 Å². The third kappa shape index (κ3) is 5.09. The summed E-state index contributed by atoms with van der Waals surface area (Å²) in [7, 11) is -3.80. The maximum absolute atomic E-state index is 12.6. The van der Waals surface area contributed by atoms with Gasteiger partial charge in [-0.3, -0.25) is 9.52 Å². The Morgan fingerprint density at radius 2 is 1.48 bits per heavy atom. The molecule has 150 valence electrons. The van der Waals surface area contributed by atoms with Crippen molar-refractivity contribution in [2.24, 2.45) is 0 Å². The molecule has 0 atom stereocenters. The summed E-state index contributed by atoms with van der Waals surface area (Å²) in [6, 6.07) is 15.9. The number of carbonyl (C=O) groups is 1. The zero-order valence-electron chi connectivity index (χ0n) is 15.7. The highest BCUT2D eigenvalue weighted by Gasteiger charge is 2.17. The van der Waals surface area contributed by atoms with Crippen molar-refractivity contribution in [3.8, 4) is 0 Å². The van der Waals surface area contributed by atoms with E-state index in [1.54, 1.807) is 30.3 Å². The van der Waals surface area contributed by atoms with E-state index in [2.05, 4.69) is 10.0 Å². The molecule has 0 aliphatic rings. The Balaban J connectivity index is 1.84. The summed E-state index contributed by atoms with van der Waals surface area (Å²) < 4.78 is 27.6. The minimum atomic E-state index is -3.80. The summed E-state index contributed by atoms with van der Waals surface area (Å²) in [6.45, 7) is 3.73. The maximum Gasteiger partial charge on any atom is 0.261 e. The largest absolute Gasteiger partial charge is 0.322 e. The molecule has 0 saturated carbocycles. The Hall–Kier alpha value is -2.54. The summed E-state index contributed by atoms with van der Waals surface area (Å²) in [6.07, 6.45) is 0. The van der Waals surface area contributed by atoms with Crippen LogP contribution in [0.4, 0.5) is 11.4 Å². The van der Waals surface area contributed by atoms with Gasteiger partial charge in [-0.25, -0.2) is 8.42 Å². The number of benzene rings is 3. The minimum absolute atomic E-state index is 0.123. The highest BCUT2D eigenvalue weighted by molar-refractivity contribution is 7.92. The number of anilines is 2. The van der Waals surface area contributed by atoms with E-state index >= 15 is 0 Å². The van der Waals surface area contributed by atoms with Gasteiger partial charge >= 0.3 is 0 Å². The van der Waals surface area contributed by atoms with Gasteiger partial charge in [0, 0.05) is 16.4 Å². The van der Waals surface area contributed by atoms with Crippen molar-refractivity contribution in [3.63, 3.8) is 0 Å². The summed E-state index contributed by atoms with van der Waals surface area (Å²) >= 11 is 12.2. The van der Waals surface area contributed by atoms with Gasteiger partial charge in [0.2, 0.25) is 0 Å². The molecule has 5 nitrogen and oxygen atoms in total. The number of aryl methyl sites for hydroxylation is 2. The Bertz CT molecular complexity index is 1180. The molecule has 2 N–H and O–H groups in total. The van der Waals surface area contributed by atoms with Crippen molar-refractivity contribution in [1.82, 2.24) is 0 Å². The van der Waals surface area contributed by atoms with Crippen molar-refractivity contribution in [2.75, 3.05) is 10.0 Å². The highest BCUT2D eigenvalue weighted by Crippen LogP contribution is 2.25. The van der Waals surface area contributed by atoms with E-state index in [1.165, 1.54) is 30.3 Å². The Labute approximate surface area is 179 Å². The standard InChI is InChI=1S/C21H18Cl2N2O3S/c1-13-3-8-17(9-4-13)29(27,28)25-16-7-10-19(22)18(11-16)21(26)24-15-6-5-14(2)20(23)12-15/h3-12,25H,1-2H3,(H,24,26). The van der Waals surface area contributed by atoms with Gasteiger partial charge in [-0.1, -0.05) is 47.0 Å². The molecule has 0 heterocycles. The van der Waals surface area contributed by atoms with Crippen LogP contribution in [0.15, 0.2) is 65.6 Å². The van der Waals surface area contributed by atoms with Gasteiger partial charge in [0.1, 0.15) is 0 Å². The highest BCUT2D eigenvalue weighted by atomic mass is 35.5. The SMILES string of the molecule is Cc1ccc(S(=O)(=O)Nc2ccc(Cl)c(C(=O)Nc3ccc(C)c(Cl)c3)c2)cc1. The Morgan fingerprint density at radius 1 is 0.828 bits per heavy atom. The van der Waals surface area contributed by atoms with Crippen LogP contribution in [0.25, 0.3) is 0 Å². The van der Waals surface area contributed by atoms with Crippen molar-refractivity contribution < 1.29 is 13.2 Å². The Kier molecular flexibility index (Phi) is 6.17. The van der Waals surface area contributed by atoms with Crippen LogP contribution in [0.3, 0.4) is 0 Å².